The standard InChI is InChI=1S/C25H29ClN2O3/c1-16-6-4-9-18(12-16)19-10-5-11-27(13-19)22(17-7-2-3-8-17)25(30)28-14-20(26)24-23(28)21(29)15-31-24/h4-6,9-10,12-13,17,20,22-24H,2-3,7-8,11,14-15H2,1H3/t20-,22-,23+,24+/m0/s1. The van der Waals surface area contributed by atoms with E-state index in [4.69, 9.17) is 16.3 Å². The maximum atomic E-state index is 13.9. The van der Waals surface area contributed by atoms with E-state index in [0.717, 1.165) is 36.8 Å². The van der Waals surface area contributed by atoms with Crippen molar-refractivity contribution < 1.29 is 14.3 Å². The zero-order chi connectivity index (χ0) is 21.5. The molecule has 1 aliphatic carbocycles. The Morgan fingerprint density at radius 3 is 2.84 bits per heavy atom. The van der Waals surface area contributed by atoms with Crippen LogP contribution in [-0.2, 0) is 14.3 Å². The molecule has 164 valence electrons. The van der Waals surface area contributed by atoms with Gasteiger partial charge in [-0.05, 0) is 36.8 Å². The lowest BCUT2D eigenvalue weighted by Gasteiger charge is -2.38. The van der Waals surface area contributed by atoms with Crippen LogP contribution < -0.4 is 0 Å². The van der Waals surface area contributed by atoms with Crippen LogP contribution in [0.5, 0.6) is 0 Å². The monoisotopic (exact) mass is 440 g/mol. The van der Waals surface area contributed by atoms with Gasteiger partial charge in [0.05, 0.1) is 5.38 Å². The molecule has 1 amide bonds. The number of likely N-dealkylation sites (tertiary alicyclic amines) is 1. The summed E-state index contributed by atoms with van der Waals surface area (Å²) in [5.74, 6) is 0.291. The van der Waals surface area contributed by atoms with Crippen molar-refractivity contribution in [2.24, 2.45) is 5.92 Å². The molecule has 0 radical (unpaired) electrons. The van der Waals surface area contributed by atoms with Crippen molar-refractivity contribution in [3.63, 3.8) is 0 Å². The Kier molecular flexibility index (Phi) is 5.65. The van der Waals surface area contributed by atoms with E-state index in [1.165, 1.54) is 5.56 Å². The second-order valence-electron chi connectivity index (χ2n) is 9.24. The van der Waals surface area contributed by atoms with Crippen LogP contribution in [0.25, 0.3) is 5.57 Å². The third-order valence-electron chi connectivity index (χ3n) is 7.13. The first-order valence-electron chi connectivity index (χ1n) is 11.3. The number of rotatable bonds is 4. The summed E-state index contributed by atoms with van der Waals surface area (Å²) in [5.41, 5.74) is 3.48. The summed E-state index contributed by atoms with van der Waals surface area (Å²) in [6.07, 6.45) is 10.4. The Morgan fingerprint density at radius 2 is 2.06 bits per heavy atom. The number of alkyl halides is 1. The van der Waals surface area contributed by atoms with E-state index >= 15 is 0 Å². The van der Waals surface area contributed by atoms with Gasteiger partial charge in [-0.1, -0.05) is 54.8 Å². The number of halogens is 1. The van der Waals surface area contributed by atoms with E-state index in [2.05, 4.69) is 54.4 Å². The number of hydrogen-bond donors (Lipinski definition) is 0. The van der Waals surface area contributed by atoms with Crippen LogP contribution in [0, 0.1) is 12.8 Å². The molecular formula is C25H29ClN2O3. The van der Waals surface area contributed by atoms with Crippen LogP contribution in [0.4, 0.5) is 0 Å². The highest BCUT2D eigenvalue weighted by Crippen LogP contribution is 2.37. The number of amides is 1. The highest BCUT2D eigenvalue weighted by atomic mass is 35.5. The second kappa shape index (κ2) is 8.44. The number of nitrogens with zero attached hydrogens (tertiary/aromatic N) is 2. The van der Waals surface area contributed by atoms with Crippen LogP contribution in [0.15, 0.2) is 42.6 Å². The number of allylic oxidation sites excluding steroid dienone is 2. The lowest BCUT2D eigenvalue weighted by atomic mass is 9.93. The van der Waals surface area contributed by atoms with Crippen molar-refractivity contribution in [2.45, 2.75) is 56.2 Å². The van der Waals surface area contributed by atoms with Gasteiger partial charge in [-0.25, -0.2) is 0 Å². The van der Waals surface area contributed by atoms with Gasteiger partial charge in [-0.2, -0.15) is 0 Å². The Balaban J connectivity index is 1.46. The SMILES string of the molecule is Cc1cccc(C2=CN([C@H](C(=O)N3C[C@H](Cl)[C@H]4OCC(=O)[C@H]43)C3CCCC3)CC=C2)c1. The Hall–Kier alpha value is -2.11. The molecule has 0 bridgehead atoms. The predicted octanol–water partition coefficient (Wildman–Crippen LogP) is 3.55. The Labute approximate surface area is 188 Å². The minimum atomic E-state index is -0.528. The third-order valence-corrected chi connectivity index (χ3v) is 7.52. The van der Waals surface area contributed by atoms with Crippen molar-refractivity contribution in [2.75, 3.05) is 19.7 Å². The number of hydrogen-bond acceptors (Lipinski definition) is 4. The van der Waals surface area contributed by atoms with Crippen molar-refractivity contribution in [1.82, 2.24) is 9.80 Å². The van der Waals surface area contributed by atoms with Crippen molar-refractivity contribution in [3.8, 4) is 0 Å². The van der Waals surface area contributed by atoms with Crippen molar-refractivity contribution >= 4 is 28.9 Å². The number of benzene rings is 1. The number of ether oxygens (including phenoxy) is 1. The molecule has 5 rings (SSSR count). The first-order valence-corrected chi connectivity index (χ1v) is 11.8. The van der Waals surface area contributed by atoms with Gasteiger partial charge in [0.1, 0.15) is 24.8 Å². The molecule has 0 spiro atoms. The van der Waals surface area contributed by atoms with E-state index in [-0.39, 0.29) is 35.8 Å². The maximum Gasteiger partial charge on any atom is 0.246 e. The summed E-state index contributed by atoms with van der Waals surface area (Å²) in [7, 11) is 0. The maximum absolute atomic E-state index is 13.9. The molecule has 31 heavy (non-hydrogen) atoms. The number of fused-ring (bicyclic) bond motifs is 1. The summed E-state index contributed by atoms with van der Waals surface area (Å²) < 4.78 is 5.61. The van der Waals surface area contributed by atoms with Gasteiger partial charge < -0.3 is 14.5 Å². The third kappa shape index (κ3) is 3.83. The molecule has 5 nitrogen and oxygen atoms in total. The molecular weight excluding hydrogens is 412 g/mol. The molecule has 1 aromatic rings. The van der Waals surface area contributed by atoms with Crippen LogP contribution in [0.2, 0.25) is 0 Å². The largest absolute Gasteiger partial charge is 0.366 e. The second-order valence-corrected chi connectivity index (χ2v) is 9.80. The zero-order valence-electron chi connectivity index (χ0n) is 17.9. The van der Waals surface area contributed by atoms with Crippen LogP contribution in [-0.4, -0.2) is 64.8 Å². The summed E-state index contributed by atoms with van der Waals surface area (Å²) in [6.45, 7) is 3.22. The Morgan fingerprint density at radius 1 is 1.26 bits per heavy atom. The van der Waals surface area contributed by atoms with Gasteiger partial charge in [0.15, 0.2) is 5.78 Å². The van der Waals surface area contributed by atoms with Gasteiger partial charge >= 0.3 is 0 Å². The fourth-order valence-corrected chi connectivity index (χ4v) is 6.01. The topological polar surface area (TPSA) is 49.9 Å². The fraction of sp³-hybridized carbons (Fsp3) is 0.520. The highest BCUT2D eigenvalue weighted by molar-refractivity contribution is 6.22. The van der Waals surface area contributed by atoms with Crippen LogP contribution >= 0.6 is 11.6 Å². The van der Waals surface area contributed by atoms with E-state index in [0.29, 0.717) is 19.0 Å². The van der Waals surface area contributed by atoms with Gasteiger partial charge in [0, 0.05) is 19.3 Å². The molecule has 1 saturated carbocycles. The van der Waals surface area contributed by atoms with E-state index < -0.39 is 6.04 Å². The average Bonchev–Trinajstić information content (AvgIpc) is 3.49. The molecule has 3 aliphatic heterocycles. The van der Waals surface area contributed by atoms with Gasteiger partial charge in [-0.3, -0.25) is 9.59 Å². The lowest BCUT2D eigenvalue weighted by Crippen LogP contribution is -2.53. The Bertz CT molecular complexity index is 936. The van der Waals surface area contributed by atoms with Gasteiger partial charge in [0.25, 0.3) is 0 Å². The van der Waals surface area contributed by atoms with E-state index in [9.17, 15) is 9.59 Å². The van der Waals surface area contributed by atoms with Crippen LogP contribution in [0.3, 0.4) is 0 Å². The number of carbonyl (C=O) groups excluding carboxylic acids is 2. The quantitative estimate of drug-likeness (QED) is 0.672. The van der Waals surface area contributed by atoms with Crippen molar-refractivity contribution in [1.29, 1.82) is 0 Å². The van der Waals surface area contributed by atoms with E-state index in [1.54, 1.807) is 4.90 Å². The zero-order valence-corrected chi connectivity index (χ0v) is 18.6. The minimum absolute atomic E-state index is 0.0267. The average molecular weight is 441 g/mol. The molecule has 4 aliphatic rings. The summed E-state index contributed by atoms with van der Waals surface area (Å²) in [4.78, 5) is 30.3. The van der Waals surface area contributed by atoms with Crippen LogP contribution in [0.1, 0.15) is 36.8 Å². The molecule has 0 N–H and O–H groups in total. The number of ketones is 1. The molecule has 3 heterocycles. The molecule has 4 atom stereocenters. The summed E-state index contributed by atoms with van der Waals surface area (Å²) in [6, 6.07) is 7.63. The van der Waals surface area contributed by atoms with Crippen molar-refractivity contribution in [3.05, 3.63) is 53.7 Å². The lowest BCUT2D eigenvalue weighted by molar-refractivity contribution is -0.141. The summed E-state index contributed by atoms with van der Waals surface area (Å²) in [5, 5.41) is -0.329. The van der Waals surface area contributed by atoms with Gasteiger partial charge in [0.2, 0.25) is 5.91 Å². The molecule has 0 aromatic heterocycles. The molecule has 6 heteroatoms. The highest BCUT2D eigenvalue weighted by Gasteiger charge is 2.53. The normalized spacial score (nSPS) is 29.4. The molecule has 1 aromatic carbocycles. The smallest absolute Gasteiger partial charge is 0.246 e. The predicted molar refractivity (Wildman–Crippen MR) is 121 cm³/mol. The molecule has 0 unspecified atom stereocenters. The fourth-order valence-electron chi connectivity index (χ4n) is 5.65. The number of aryl methyl sites for hydroxylation is 1. The van der Waals surface area contributed by atoms with E-state index in [1.807, 2.05) is 0 Å². The van der Waals surface area contributed by atoms with Gasteiger partial charge in [-0.15, -0.1) is 11.6 Å². The first kappa shape index (κ1) is 20.8. The summed E-state index contributed by atoms with van der Waals surface area (Å²) >= 11 is 6.48. The minimum Gasteiger partial charge on any atom is -0.366 e. The number of Topliss-reactive ketones (excluding diaryl/α,β-unsaturated/α-hetero) is 1. The number of carbonyl (C=O) groups is 2. The molecule has 3 fully saturated rings. The first-order chi connectivity index (χ1) is 15.0. The molecule has 2 saturated heterocycles.